The maximum absolute atomic E-state index is 12.6. The van der Waals surface area contributed by atoms with Gasteiger partial charge in [0, 0.05) is 5.92 Å². The second-order valence-electron chi connectivity index (χ2n) is 3.15. The van der Waals surface area contributed by atoms with Gasteiger partial charge in [-0.05, 0) is 31.3 Å². The lowest BCUT2D eigenvalue weighted by Gasteiger charge is -2.11. The van der Waals surface area contributed by atoms with E-state index in [-0.39, 0.29) is 11.7 Å². The number of carbonyl (C=O) groups is 1. The Morgan fingerprint density at radius 3 is 3.10 bits per heavy atom. The Bertz CT molecular complexity index is 207. The van der Waals surface area contributed by atoms with Crippen molar-refractivity contribution < 1.29 is 9.18 Å². The van der Waals surface area contributed by atoms with Gasteiger partial charge in [0.1, 0.15) is 0 Å². The van der Waals surface area contributed by atoms with Crippen LogP contribution in [0.5, 0.6) is 0 Å². The molecule has 0 amide bonds. The normalized spacial score (nSPS) is 38.1. The van der Waals surface area contributed by atoms with Crippen molar-refractivity contribution in [2.24, 2.45) is 11.8 Å². The summed E-state index contributed by atoms with van der Waals surface area (Å²) >= 11 is 0. The highest BCUT2D eigenvalue weighted by molar-refractivity contribution is 5.96. The first-order valence-corrected chi connectivity index (χ1v) is 3.69. The third-order valence-corrected chi connectivity index (χ3v) is 2.46. The van der Waals surface area contributed by atoms with Crippen LogP contribution in [-0.4, -0.2) is 5.78 Å². The second-order valence-corrected chi connectivity index (χ2v) is 3.15. The fourth-order valence-corrected chi connectivity index (χ4v) is 1.89. The summed E-state index contributed by atoms with van der Waals surface area (Å²) in [6.07, 6.45) is 4.29. The molecular weight excluding hydrogens is 131 g/mol. The average molecular weight is 140 g/mol. The molecule has 2 aliphatic rings. The Labute approximate surface area is 58.9 Å². The van der Waals surface area contributed by atoms with Gasteiger partial charge in [-0.15, -0.1) is 0 Å². The van der Waals surface area contributed by atoms with Crippen LogP contribution in [0.2, 0.25) is 0 Å². The first-order chi connectivity index (χ1) is 4.77. The standard InChI is InChI=1S/C8H9FO/c9-7-4-5-1-2-6(3-5)8(7)10/h4-6H,1-3H2. The molecule has 0 saturated heterocycles. The van der Waals surface area contributed by atoms with Gasteiger partial charge in [-0.25, -0.2) is 4.39 Å². The molecule has 2 rings (SSSR count). The van der Waals surface area contributed by atoms with Crippen molar-refractivity contribution in [2.75, 3.05) is 0 Å². The first kappa shape index (κ1) is 6.08. The molecule has 2 heteroatoms. The molecule has 0 radical (unpaired) electrons. The quantitative estimate of drug-likeness (QED) is 0.501. The van der Waals surface area contributed by atoms with Crippen molar-refractivity contribution in [3.05, 3.63) is 11.9 Å². The topological polar surface area (TPSA) is 17.1 Å². The van der Waals surface area contributed by atoms with E-state index < -0.39 is 5.83 Å². The Kier molecular flexibility index (Phi) is 1.16. The second kappa shape index (κ2) is 1.91. The summed E-state index contributed by atoms with van der Waals surface area (Å²) in [5, 5.41) is 0. The number of hydrogen-bond donors (Lipinski definition) is 0. The number of fused-ring (bicyclic) bond motifs is 2. The Balaban J connectivity index is 2.33. The van der Waals surface area contributed by atoms with Gasteiger partial charge in [0.25, 0.3) is 0 Å². The summed E-state index contributed by atoms with van der Waals surface area (Å²) in [5.41, 5.74) is 0. The first-order valence-electron chi connectivity index (χ1n) is 3.69. The van der Waals surface area contributed by atoms with Crippen molar-refractivity contribution in [3.63, 3.8) is 0 Å². The van der Waals surface area contributed by atoms with Gasteiger partial charge in [0.2, 0.25) is 0 Å². The third-order valence-electron chi connectivity index (χ3n) is 2.46. The van der Waals surface area contributed by atoms with Crippen LogP contribution in [0.3, 0.4) is 0 Å². The van der Waals surface area contributed by atoms with Gasteiger partial charge in [0.05, 0.1) is 0 Å². The smallest absolute Gasteiger partial charge is 0.193 e. The van der Waals surface area contributed by atoms with Gasteiger partial charge >= 0.3 is 0 Å². The molecule has 2 atom stereocenters. The maximum atomic E-state index is 12.6. The van der Waals surface area contributed by atoms with Gasteiger partial charge in [-0.1, -0.05) is 0 Å². The van der Waals surface area contributed by atoms with E-state index in [4.69, 9.17) is 0 Å². The molecule has 1 fully saturated rings. The van der Waals surface area contributed by atoms with Crippen LogP contribution >= 0.6 is 0 Å². The minimum Gasteiger partial charge on any atom is -0.291 e. The van der Waals surface area contributed by atoms with Crippen LogP contribution in [0.25, 0.3) is 0 Å². The van der Waals surface area contributed by atoms with Crippen LogP contribution in [0.1, 0.15) is 19.3 Å². The van der Waals surface area contributed by atoms with Crippen LogP contribution in [0, 0.1) is 11.8 Å². The van der Waals surface area contributed by atoms with E-state index >= 15 is 0 Å². The lowest BCUT2D eigenvalue weighted by molar-refractivity contribution is -0.120. The van der Waals surface area contributed by atoms with Crippen LogP contribution in [0.4, 0.5) is 4.39 Å². The molecule has 2 unspecified atom stereocenters. The zero-order chi connectivity index (χ0) is 7.14. The number of allylic oxidation sites excluding steroid dienone is 2. The molecule has 0 N–H and O–H groups in total. The molecule has 10 heavy (non-hydrogen) atoms. The largest absolute Gasteiger partial charge is 0.291 e. The van der Waals surface area contributed by atoms with E-state index in [1.54, 1.807) is 0 Å². The molecule has 0 aromatic heterocycles. The molecule has 0 aliphatic heterocycles. The Hall–Kier alpha value is -0.660. The molecular formula is C8H9FO. The minimum atomic E-state index is -0.487. The molecule has 2 bridgehead atoms. The fourth-order valence-electron chi connectivity index (χ4n) is 1.89. The van der Waals surface area contributed by atoms with Gasteiger partial charge < -0.3 is 0 Å². The minimum absolute atomic E-state index is 0.0231. The molecule has 0 spiro atoms. The summed E-state index contributed by atoms with van der Waals surface area (Å²) in [6, 6.07) is 0. The lowest BCUT2D eigenvalue weighted by Crippen LogP contribution is -2.15. The Morgan fingerprint density at radius 1 is 1.50 bits per heavy atom. The highest BCUT2D eigenvalue weighted by Gasteiger charge is 2.35. The van der Waals surface area contributed by atoms with Gasteiger partial charge in [0.15, 0.2) is 11.6 Å². The molecule has 0 aromatic carbocycles. The van der Waals surface area contributed by atoms with Crippen molar-refractivity contribution in [1.82, 2.24) is 0 Å². The average Bonchev–Trinajstić information content (AvgIpc) is 2.29. The molecule has 2 aliphatic carbocycles. The van der Waals surface area contributed by atoms with Gasteiger partial charge in [-0.2, -0.15) is 0 Å². The molecule has 54 valence electrons. The van der Waals surface area contributed by atoms with E-state index in [1.807, 2.05) is 0 Å². The maximum Gasteiger partial charge on any atom is 0.193 e. The summed E-state index contributed by atoms with van der Waals surface area (Å²) in [4.78, 5) is 10.9. The van der Waals surface area contributed by atoms with Crippen LogP contribution in [-0.2, 0) is 4.79 Å². The van der Waals surface area contributed by atoms with Crippen molar-refractivity contribution in [3.8, 4) is 0 Å². The molecule has 1 saturated carbocycles. The van der Waals surface area contributed by atoms with Crippen molar-refractivity contribution >= 4 is 5.78 Å². The monoisotopic (exact) mass is 140 g/mol. The van der Waals surface area contributed by atoms with E-state index in [0.29, 0.717) is 5.92 Å². The van der Waals surface area contributed by atoms with E-state index in [2.05, 4.69) is 0 Å². The highest BCUT2D eigenvalue weighted by Crippen LogP contribution is 2.38. The zero-order valence-electron chi connectivity index (χ0n) is 5.64. The number of rotatable bonds is 0. The highest BCUT2D eigenvalue weighted by atomic mass is 19.1. The van der Waals surface area contributed by atoms with E-state index in [9.17, 15) is 9.18 Å². The van der Waals surface area contributed by atoms with Crippen molar-refractivity contribution in [1.29, 1.82) is 0 Å². The number of Topliss-reactive ketones (excluding diaryl/α,β-unsaturated/α-hetero) is 1. The number of carbonyl (C=O) groups excluding carboxylic acids is 1. The van der Waals surface area contributed by atoms with Crippen LogP contribution < -0.4 is 0 Å². The summed E-state index contributed by atoms with van der Waals surface area (Å²) < 4.78 is 12.6. The number of halogens is 1. The van der Waals surface area contributed by atoms with E-state index in [0.717, 1.165) is 19.3 Å². The molecule has 1 nitrogen and oxygen atoms in total. The van der Waals surface area contributed by atoms with Crippen molar-refractivity contribution in [2.45, 2.75) is 19.3 Å². The summed E-state index contributed by atoms with van der Waals surface area (Å²) in [7, 11) is 0. The van der Waals surface area contributed by atoms with E-state index in [1.165, 1.54) is 6.08 Å². The fraction of sp³-hybridized carbons (Fsp3) is 0.625. The summed E-state index contributed by atoms with van der Waals surface area (Å²) in [6.45, 7) is 0. The number of hydrogen-bond acceptors (Lipinski definition) is 1. The predicted molar refractivity (Wildman–Crippen MR) is 35.0 cm³/mol. The molecule has 0 aromatic rings. The summed E-state index contributed by atoms with van der Waals surface area (Å²) in [5.74, 6) is -0.356. The lowest BCUT2D eigenvalue weighted by atomic mass is 9.94. The Morgan fingerprint density at radius 2 is 2.30 bits per heavy atom. The zero-order valence-corrected chi connectivity index (χ0v) is 5.64. The number of ketones is 1. The molecule has 0 heterocycles. The van der Waals surface area contributed by atoms with Gasteiger partial charge in [-0.3, -0.25) is 4.79 Å². The SMILES string of the molecule is O=C1C(F)=CC2CCC1C2. The third kappa shape index (κ3) is 0.713. The van der Waals surface area contributed by atoms with Crippen LogP contribution in [0.15, 0.2) is 11.9 Å². The predicted octanol–water partition coefficient (Wildman–Crippen LogP) is 1.84.